The van der Waals surface area contributed by atoms with Crippen LogP contribution in [0.1, 0.15) is 25.7 Å². The zero-order valence-corrected chi connectivity index (χ0v) is 11.0. The quantitative estimate of drug-likeness (QED) is 0.682. The molecule has 1 aliphatic heterocycles. The normalized spacial score (nSPS) is 28.9. The van der Waals surface area contributed by atoms with Crippen LogP contribution >= 0.6 is 0 Å². The highest BCUT2D eigenvalue weighted by Crippen LogP contribution is 2.37. The van der Waals surface area contributed by atoms with Crippen LogP contribution in [0.3, 0.4) is 0 Å². The molecule has 1 aromatic carbocycles. The van der Waals surface area contributed by atoms with Crippen LogP contribution in [0.15, 0.2) is 18.2 Å². The van der Waals surface area contributed by atoms with Crippen molar-refractivity contribution in [2.45, 2.75) is 37.8 Å². The molecule has 0 aromatic heterocycles. The minimum atomic E-state index is -0.796. The molecule has 3 atom stereocenters. The molecule has 1 aliphatic carbocycles. The van der Waals surface area contributed by atoms with Gasteiger partial charge >= 0.3 is 5.69 Å². The van der Waals surface area contributed by atoms with Crippen LogP contribution in [0.25, 0.3) is 0 Å². The summed E-state index contributed by atoms with van der Waals surface area (Å²) in [5.74, 6) is -0.429. The zero-order chi connectivity index (χ0) is 14.1. The monoisotopic (exact) mass is 280 g/mol. The second-order valence-corrected chi connectivity index (χ2v) is 5.44. The van der Waals surface area contributed by atoms with Gasteiger partial charge in [0.15, 0.2) is 0 Å². The van der Waals surface area contributed by atoms with Gasteiger partial charge in [0.1, 0.15) is 5.69 Å². The second kappa shape index (κ2) is 5.36. The number of nitro benzene ring substituents is 1. The maximum atomic E-state index is 13.6. The minimum absolute atomic E-state index is 0.122. The van der Waals surface area contributed by atoms with E-state index in [1.807, 2.05) is 0 Å². The maximum Gasteiger partial charge on any atom is 0.327 e. The van der Waals surface area contributed by atoms with E-state index in [-0.39, 0.29) is 17.8 Å². The van der Waals surface area contributed by atoms with Gasteiger partial charge in [-0.25, -0.2) is 0 Å². The van der Waals surface area contributed by atoms with Gasteiger partial charge in [-0.1, -0.05) is 6.07 Å². The van der Waals surface area contributed by atoms with Gasteiger partial charge in [0.25, 0.3) is 0 Å². The molecule has 1 aromatic rings. The van der Waals surface area contributed by atoms with Crippen molar-refractivity contribution in [2.75, 3.05) is 11.9 Å². The first-order chi connectivity index (χ1) is 9.66. The fourth-order valence-corrected chi connectivity index (χ4v) is 3.37. The van der Waals surface area contributed by atoms with Crippen LogP contribution in [-0.4, -0.2) is 23.7 Å². The lowest BCUT2D eigenvalue weighted by atomic mass is 9.81. The first-order valence-electron chi connectivity index (χ1n) is 6.98. The highest BCUT2D eigenvalue weighted by molar-refractivity contribution is 5.62. The Morgan fingerprint density at radius 3 is 3.00 bits per heavy atom. The smallest absolute Gasteiger partial charge is 0.327 e. The van der Waals surface area contributed by atoms with Crippen LogP contribution in [0, 0.1) is 21.8 Å². The Morgan fingerprint density at radius 2 is 2.20 bits per heavy atom. The van der Waals surface area contributed by atoms with E-state index >= 15 is 0 Å². The number of ether oxygens (including phenoxy) is 1. The van der Waals surface area contributed by atoms with Crippen molar-refractivity contribution < 1.29 is 14.1 Å². The molecule has 1 N–H and O–H groups in total. The van der Waals surface area contributed by atoms with Crippen LogP contribution in [0.5, 0.6) is 0 Å². The highest BCUT2D eigenvalue weighted by atomic mass is 19.1. The molecule has 108 valence electrons. The SMILES string of the molecule is O=[N+]([O-])c1c(F)cccc1NC1CCCC2OCCC12. The van der Waals surface area contributed by atoms with Crippen LogP contribution in [-0.2, 0) is 4.74 Å². The molecular weight excluding hydrogens is 263 g/mol. The summed E-state index contributed by atoms with van der Waals surface area (Å²) in [5.41, 5.74) is -0.193. The predicted octanol–water partition coefficient (Wildman–Crippen LogP) is 3.10. The average Bonchev–Trinajstić information content (AvgIpc) is 2.87. The first-order valence-corrected chi connectivity index (χ1v) is 6.98. The van der Waals surface area contributed by atoms with Crippen molar-refractivity contribution in [3.63, 3.8) is 0 Å². The Bertz CT molecular complexity index is 523. The molecule has 2 aliphatic rings. The lowest BCUT2D eigenvalue weighted by Crippen LogP contribution is -2.38. The van der Waals surface area contributed by atoms with E-state index in [4.69, 9.17) is 4.74 Å². The van der Waals surface area contributed by atoms with Gasteiger partial charge in [0.2, 0.25) is 5.82 Å². The average molecular weight is 280 g/mol. The Labute approximate surface area is 116 Å². The predicted molar refractivity (Wildman–Crippen MR) is 72.2 cm³/mol. The highest BCUT2D eigenvalue weighted by Gasteiger charge is 2.38. The summed E-state index contributed by atoms with van der Waals surface area (Å²) in [6.45, 7) is 0.749. The van der Waals surface area contributed by atoms with Crippen molar-refractivity contribution in [3.05, 3.63) is 34.1 Å². The standard InChI is InChI=1S/C14H17FN2O3/c15-10-3-1-5-12(14(10)17(18)19)16-11-4-2-6-13-9(11)7-8-20-13/h1,3,5,9,11,13,16H,2,4,6-8H2. The van der Waals surface area contributed by atoms with Gasteiger partial charge < -0.3 is 10.1 Å². The van der Waals surface area contributed by atoms with Gasteiger partial charge in [-0.2, -0.15) is 4.39 Å². The Morgan fingerprint density at radius 1 is 1.35 bits per heavy atom. The van der Waals surface area contributed by atoms with Gasteiger partial charge in [-0.15, -0.1) is 0 Å². The minimum Gasteiger partial charge on any atom is -0.378 e. The van der Waals surface area contributed by atoms with E-state index in [2.05, 4.69) is 5.32 Å². The largest absolute Gasteiger partial charge is 0.378 e. The third kappa shape index (κ3) is 2.35. The number of nitrogens with one attached hydrogen (secondary N) is 1. The van der Waals surface area contributed by atoms with E-state index in [0.29, 0.717) is 5.92 Å². The summed E-state index contributed by atoms with van der Waals surface area (Å²) in [5, 5.41) is 14.2. The molecule has 1 saturated carbocycles. The number of halogens is 1. The third-order valence-corrected chi connectivity index (χ3v) is 4.29. The fourth-order valence-electron chi connectivity index (χ4n) is 3.37. The molecule has 3 rings (SSSR count). The van der Waals surface area contributed by atoms with Crippen molar-refractivity contribution in [3.8, 4) is 0 Å². The molecule has 5 nitrogen and oxygen atoms in total. The molecule has 0 bridgehead atoms. The maximum absolute atomic E-state index is 13.6. The Hall–Kier alpha value is -1.69. The summed E-state index contributed by atoms with van der Waals surface area (Å²) in [6.07, 6.45) is 4.23. The van der Waals surface area contributed by atoms with Crippen molar-refractivity contribution in [2.24, 2.45) is 5.92 Å². The number of anilines is 1. The summed E-state index contributed by atoms with van der Waals surface area (Å²) in [4.78, 5) is 10.3. The van der Waals surface area contributed by atoms with E-state index in [1.54, 1.807) is 6.07 Å². The van der Waals surface area contributed by atoms with E-state index in [9.17, 15) is 14.5 Å². The summed E-state index contributed by atoms with van der Waals surface area (Å²) < 4.78 is 19.3. The topological polar surface area (TPSA) is 64.4 Å². The number of nitro groups is 1. The number of benzene rings is 1. The van der Waals surface area contributed by atoms with Gasteiger partial charge in [-0.3, -0.25) is 10.1 Å². The number of nitrogens with zero attached hydrogens (tertiary/aromatic N) is 1. The lowest BCUT2D eigenvalue weighted by Gasteiger charge is -2.33. The van der Waals surface area contributed by atoms with Crippen LogP contribution in [0.2, 0.25) is 0 Å². The molecule has 2 fully saturated rings. The molecule has 6 heteroatoms. The van der Waals surface area contributed by atoms with Crippen LogP contribution < -0.4 is 5.32 Å². The van der Waals surface area contributed by atoms with Crippen LogP contribution in [0.4, 0.5) is 15.8 Å². The number of hydrogen-bond donors (Lipinski definition) is 1. The van der Waals surface area contributed by atoms with E-state index in [0.717, 1.165) is 38.4 Å². The first kappa shape index (κ1) is 13.3. The van der Waals surface area contributed by atoms with Crippen molar-refractivity contribution in [1.82, 2.24) is 0 Å². The summed E-state index contributed by atoms with van der Waals surface area (Å²) in [7, 11) is 0. The molecule has 20 heavy (non-hydrogen) atoms. The molecule has 0 radical (unpaired) electrons. The van der Waals surface area contributed by atoms with Crippen molar-refractivity contribution >= 4 is 11.4 Å². The molecule has 0 spiro atoms. The van der Waals surface area contributed by atoms with E-state index in [1.165, 1.54) is 6.07 Å². The molecular formula is C14H17FN2O3. The molecule has 3 unspecified atom stereocenters. The lowest BCUT2D eigenvalue weighted by molar-refractivity contribution is -0.386. The van der Waals surface area contributed by atoms with Crippen molar-refractivity contribution in [1.29, 1.82) is 0 Å². The number of para-hydroxylation sites is 1. The third-order valence-electron chi connectivity index (χ3n) is 4.29. The van der Waals surface area contributed by atoms with E-state index < -0.39 is 16.4 Å². The fraction of sp³-hybridized carbons (Fsp3) is 0.571. The Balaban J connectivity index is 1.84. The molecule has 0 amide bonds. The van der Waals surface area contributed by atoms with Gasteiger partial charge in [-0.05, 0) is 37.8 Å². The molecule has 1 saturated heterocycles. The number of hydrogen-bond acceptors (Lipinski definition) is 4. The second-order valence-electron chi connectivity index (χ2n) is 5.44. The molecule has 1 heterocycles. The van der Waals surface area contributed by atoms with Gasteiger partial charge in [0.05, 0.1) is 11.0 Å². The summed E-state index contributed by atoms with van der Waals surface area (Å²) in [6, 6.07) is 4.30. The summed E-state index contributed by atoms with van der Waals surface area (Å²) >= 11 is 0. The van der Waals surface area contributed by atoms with Gasteiger partial charge in [0, 0.05) is 18.6 Å². The number of rotatable bonds is 3. The Kier molecular flexibility index (Phi) is 3.56. The zero-order valence-electron chi connectivity index (χ0n) is 11.0. The number of fused-ring (bicyclic) bond motifs is 1.